The Hall–Kier alpha value is -1.51. The fraction of sp³-hybridized carbons (Fsp3) is 0.875. The lowest BCUT2D eigenvalue weighted by Crippen LogP contribution is -2.53. The lowest BCUT2D eigenvalue weighted by atomic mass is 9.81. The van der Waals surface area contributed by atoms with Gasteiger partial charge in [-0.3, -0.25) is 4.79 Å². The molecule has 2 saturated heterocycles. The molecule has 2 heterocycles. The monoisotopic (exact) mass is 364 g/mol. The summed E-state index contributed by atoms with van der Waals surface area (Å²) in [4.78, 5) is 25.2. The Balaban J connectivity index is 1.52. The Kier molecular flexibility index (Phi) is 4.63. The zero-order valence-electron chi connectivity index (χ0n) is 13.8. The zero-order valence-corrected chi connectivity index (χ0v) is 13.8. The summed E-state index contributed by atoms with van der Waals surface area (Å²) in [5, 5.41) is 21.7. The minimum absolute atomic E-state index is 0.0859. The number of alkyl halides is 3. The molecule has 142 valence electrons. The molecule has 3 aliphatic rings. The molecule has 1 aliphatic carbocycles. The summed E-state index contributed by atoms with van der Waals surface area (Å²) in [6.45, 7) is 0. The van der Waals surface area contributed by atoms with Gasteiger partial charge >= 0.3 is 12.3 Å². The average molecular weight is 364 g/mol. The maximum Gasteiger partial charge on any atom is 0.417 e. The van der Waals surface area contributed by atoms with E-state index in [0.29, 0.717) is 12.8 Å². The van der Waals surface area contributed by atoms with E-state index in [1.54, 1.807) is 0 Å². The first kappa shape index (κ1) is 18.3. The molecule has 2 unspecified atom stereocenters. The highest BCUT2D eigenvalue weighted by Gasteiger charge is 2.55. The van der Waals surface area contributed by atoms with Crippen LogP contribution in [0.3, 0.4) is 0 Å². The summed E-state index contributed by atoms with van der Waals surface area (Å²) >= 11 is 0. The molecule has 0 aromatic rings. The number of halogens is 3. The van der Waals surface area contributed by atoms with Gasteiger partial charge in [0.2, 0.25) is 5.91 Å². The van der Waals surface area contributed by atoms with Crippen molar-refractivity contribution in [3.8, 4) is 0 Å². The third-order valence-electron chi connectivity index (χ3n) is 6.01. The SMILES string of the molecule is O=C(NC1CCC(O)(C(F)(F)F)CC1)C1CC2CC[C@@H](C1)N2C(=O)O. The summed E-state index contributed by atoms with van der Waals surface area (Å²) in [6.07, 6.45) is -3.82. The third-order valence-corrected chi connectivity index (χ3v) is 6.01. The van der Waals surface area contributed by atoms with Crippen molar-refractivity contribution in [2.75, 3.05) is 0 Å². The van der Waals surface area contributed by atoms with E-state index in [1.165, 1.54) is 4.90 Å². The van der Waals surface area contributed by atoms with Crippen LogP contribution in [0.1, 0.15) is 51.4 Å². The fourth-order valence-electron chi connectivity index (χ4n) is 4.55. The number of aliphatic hydroxyl groups is 1. The van der Waals surface area contributed by atoms with Crippen molar-refractivity contribution < 1.29 is 33.0 Å². The van der Waals surface area contributed by atoms with Crippen LogP contribution >= 0.6 is 0 Å². The number of hydrogen-bond acceptors (Lipinski definition) is 3. The first-order chi connectivity index (χ1) is 11.6. The molecule has 3 N–H and O–H groups in total. The smallest absolute Gasteiger partial charge is 0.417 e. The first-order valence-electron chi connectivity index (χ1n) is 8.71. The highest BCUT2D eigenvalue weighted by Crippen LogP contribution is 2.42. The molecule has 2 aliphatic heterocycles. The van der Waals surface area contributed by atoms with Crippen molar-refractivity contribution in [2.24, 2.45) is 5.92 Å². The number of carboxylic acid groups (broad SMARTS) is 1. The molecular formula is C16H23F3N2O4. The molecule has 25 heavy (non-hydrogen) atoms. The van der Waals surface area contributed by atoms with Crippen LogP contribution in [0.5, 0.6) is 0 Å². The lowest BCUT2D eigenvalue weighted by molar-refractivity contribution is -0.270. The van der Waals surface area contributed by atoms with E-state index in [4.69, 9.17) is 0 Å². The number of nitrogens with one attached hydrogen (secondary N) is 1. The standard InChI is InChI=1S/C16H23F3N2O4/c17-16(18,19)15(25)5-3-10(4-6-15)20-13(22)9-7-11-1-2-12(8-9)21(11)14(23)24/h9-12,25H,1-8H2,(H,20,22)(H,23,24)/t9?,10?,11-,12?,15?/m0/s1. The largest absolute Gasteiger partial charge is 0.465 e. The molecule has 6 nitrogen and oxygen atoms in total. The molecular weight excluding hydrogens is 341 g/mol. The van der Waals surface area contributed by atoms with E-state index in [1.807, 2.05) is 0 Å². The number of carbonyl (C=O) groups excluding carboxylic acids is 1. The number of nitrogens with zero attached hydrogens (tertiary/aromatic N) is 1. The van der Waals surface area contributed by atoms with Crippen molar-refractivity contribution in [3.63, 3.8) is 0 Å². The van der Waals surface area contributed by atoms with Gasteiger partial charge in [0, 0.05) is 24.0 Å². The second kappa shape index (κ2) is 6.34. The van der Waals surface area contributed by atoms with Gasteiger partial charge in [-0.05, 0) is 51.4 Å². The molecule has 3 rings (SSSR count). The van der Waals surface area contributed by atoms with Crippen molar-refractivity contribution in [1.29, 1.82) is 0 Å². The van der Waals surface area contributed by atoms with Crippen LogP contribution < -0.4 is 5.32 Å². The Morgan fingerprint density at radius 1 is 1.04 bits per heavy atom. The minimum Gasteiger partial charge on any atom is -0.465 e. The minimum atomic E-state index is -4.65. The van der Waals surface area contributed by atoms with Gasteiger partial charge in [0.15, 0.2) is 5.60 Å². The van der Waals surface area contributed by atoms with Gasteiger partial charge in [-0.15, -0.1) is 0 Å². The van der Waals surface area contributed by atoms with Crippen LogP contribution in [0.15, 0.2) is 0 Å². The number of hydrogen-bond donors (Lipinski definition) is 3. The first-order valence-corrected chi connectivity index (χ1v) is 8.71. The van der Waals surface area contributed by atoms with E-state index in [-0.39, 0.29) is 42.8 Å². The van der Waals surface area contributed by atoms with Gasteiger partial charge in [-0.1, -0.05) is 0 Å². The number of fused-ring (bicyclic) bond motifs is 2. The Morgan fingerprint density at radius 3 is 2.00 bits per heavy atom. The summed E-state index contributed by atoms with van der Waals surface area (Å²) in [7, 11) is 0. The zero-order chi connectivity index (χ0) is 18.4. The average Bonchev–Trinajstić information content (AvgIpc) is 2.79. The highest BCUT2D eigenvalue weighted by atomic mass is 19.4. The molecule has 0 aromatic heterocycles. The van der Waals surface area contributed by atoms with Crippen molar-refractivity contribution in [2.45, 2.75) is 81.3 Å². The Labute approximate surface area is 143 Å². The van der Waals surface area contributed by atoms with Gasteiger partial charge in [0.1, 0.15) is 0 Å². The third kappa shape index (κ3) is 3.43. The molecule has 2 amide bonds. The predicted octanol–water partition coefficient (Wildman–Crippen LogP) is 2.26. The molecule has 1 saturated carbocycles. The topological polar surface area (TPSA) is 89.9 Å². The summed E-state index contributed by atoms with van der Waals surface area (Å²) < 4.78 is 38.4. The van der Waals surface area contributed by atoms with Crippen LogP contribution in [0.2, 0.25) is 0 Å². The van der Waals surface area contributed by atoms with Gasteiger partial charge in [-0.25, -0.2) is 4.79 Å². The number of piperidine rings is 1. The van der Waals surface area contributed by atoms with E-state index in [0.717, 1.165) is 12.8 Å². The molecule has 3 atom stereocenters. The molecule has 3 fully saturated rings. The van der Waals surface area contributed by atoms with Gasteiger partial charge in [-0.2, -0.15) is 13.2 Å². The maximum absolute atomic E-state index is 12.8. The maximum atomic E-state index is 12.8. The predicted molar refractivity (Wildman–Crippen MR) is 80.8 cm³/mol. The van der Waals surface area contributed by atoms with Crippen LogP contribution in [0.4, 0.5) is 18.0 Å². The summed E-state index contributed by atoms with van der Waals surface area (Å²) in [5.41, 5.74) is -2.65. The van der Waals surface area contributed by atoms with E-state index in [2.05, 4.69) is 5.32 Å². The second-order valence-corrected chi connectivity index (χ2v) is 7.56. The molecule has 0 spiro atoms. The molecule has 0 radical (unpaired) electrons. The van der Waals surface area contributed by atoms with Crippen LogP contribution in [-0.2, 0) is 4.79 Å². The van der Waals surface area contributed by atoms with Gasteiger partial charge < -0.3 is 20.4 Å². The Bertz CT molecular complexity index is 532. The molecule has 0 aromatic carbocycles. The van der Waals surface area contributed by atoms with Crippen molar-refractivity contribution >= 4 is 12.0 Å². The number of carbonyl (C=O) groups is 2. The number of rotatable bonds is 2. The van der Waals surface area contributed by atoms with Crippen LogP contribution in [0, 0.1) is 5.92 Å². The van der Waals surface area contributed by atoms with E-state index in [9.17, 15) is 33.0 Å². The van der Waals surface area contributed by atoms with E-state index < -0.39 is 30.7 Å². The second-order valence-electron chi connectivity index (χ2n) is 7.56. The number of amides is 2. The summed E-state index contributed by atoms with van der Waals surface area (Å²) in [6, 6.07) is -0.660. The Morgan fingerprint density at radius 2 is 1.56 bits per heavy atom. The lowest BCUT2D eigenvalue weighted by Gasteiger charge is -2.39. The fourth-order valence-corrected chi connectivity index (χ4v) is 4.55. The van der Waals surface area contributed by atoms with Crippen LogP contribution in [-0.4, -0.2) is 57.0 Å². The van der Waals surface area contributed by atoms with Crippen molar-refractivity contribution in [1.82, 2.24) is 10.2 Å². The highest BCUT2D eigenvalue weighted by molar-refractivity contribution is 5.79. The molecule has 9 heteroatoms. The van der Waals surface area contributed by atoms with Crippen molar-refractivity contribution in [3.05, 3.63) is 0 Å². The summed E-state index contributed by atoms with van der Waals surface area (Å²) in [5.74, 6) is -0.499. The molecule has 2 bridgehead atoms. The van der Waals surface area contributed by atoms with Gasteiger partial charge in [0.25, 0.3) is 0 Å². The van der Waals surface area contributed by atoms with Gasteiger partial charge in [0.05, 0.1) is 0 Å². The van der Waals surface area contributed by atoms with E-state index >= 15 is 0 Å². The van der Waals surface area contributed by atoms with Crippen LogP contribution in [0.25, 0.3) is 0 Å². The normalized spacial score (nSPS) is 38.5. The quantitative estimate of drug-likeness (QED) is 0.701.